The van der Waals surface area contributed by atoms with Gasteiger partial charge in [0, 0.05) is 19.1 Å². The number of hydrogen-bond donors (Lipinski definition) is 2. The van der Waals surface area contributed by atoms with Gasteiger partial charge in [-0.15, -0.1) is 11.3 Å². The molecular weight excluding hydrogens is 314 g/mol. The molecule has 1 saturated heterocycles. The first-order valence-electron chi connectivity index (χ1n) is 6.79. The Morgan fingerprint density at radius 3 is 2.90 bits per heavy atom. The molecule has 2 rings (SSSR count). The number of aromatic carboxylic acids is 1. The number of nitrogens with one attached hydrogen (secondary N) is 1. The van der Waals surface area contributed by atoms with E-state index in [0.717, 1.165) is 24.2 Å². The van der Waals surface area contributed by atoms with E-state index in [0.29, 0.717) is 12.2 Å². The van der Waals surface area contributed by atoms with Crippen LogP contribution >= 0.6 is 11.3 Å². The minimum absolute atomic E-state index is 0.0650. The number of hydrogen-bond acceptors (Lipinski definition) is 5. The number of carboxylic acid groups (broad SMARTS) is 1. The third kappa shape index (κ3) is 3.45. The van der Waals surface area contributed by atoms with Crippen molar-refractivity contribution in [2.45, 2.75) is 37.7 Å². The summed E-state index contributed by atoms with van der Waals surface area (Å²) in [6.45, 7) is 4.52. The summed E-state index contributed by atoms with van der Waals surface area (Å²) in [5.41, 5.74) is 0.458. The molecule has 0 amide bonds. The fourth-order valence-corrected chi connectivity index (χ4v) is 5.30. The van der Waals surface area contributed by atoms with Crippen LogP contribution in [-0.2, 0) is 14.8 Å². The Kier molecular flexibility index (Phi) is 5.03. The number of aryl methyl sites for hydroxylation is 1. The van der Waals surface area contributed by atoms with Gasteiger partial charge < -0.3 is 9.84 Å². The maximum absolute atomic E-state index is 12.4. The van der Waals surface area contributed by atoms with Gasteiger partial charge in [-0.05, 0) is 30.7 Å². The molecule has 8 heteroatoms. The Morgan fingerprint density at radius 2 is 2.29 bits per heavy atom. The van der Waals surface area contributed by atoms with Crippen LogP contribution in [-0.4, -0.2) is 38.7 Å². The molecule has 0 aromatic carbocycles. The van der Waals surface area contributed by atoms with E-state index in [-0.39, 0.29) is 28.3 Å². The van der Waals surface area contributed by atoms with Crippen LogP contribution in [0.5, 0.6) is 0 Å². The van der Waals surface area contributed by atoms with Gasteiger partial charge in [0.15, 0.2) is 0 Å². The second-order valence-corrected chi connectivity index (χ2v) is 7.68. The van der Waals surface area contributed by atoms with Crippen molar-refractivity contribution in [3.63, 3.8) is 0 Å². The number of thiophene rings is 1. The SMILES string of the molecule is CCC1OCCC1CNS(=O)(=O)c1c(C)csc1C(=O)O. The third-order valence-electron chi connectivity index (χ3n) is 3.67. The van der Waals surface area contributed by atoms with Gasteiger partial charge in [0.25, 0.3) is 0 Å². The van der Waals surface area contributed by atoms with Gasteiger partial charge in [-0.25, -0.2) is 17.9 Å². The van der Waals surface area contributed by atoms with Crippen LogP contribution in [0.2, 0.25) is 0 Å². The highest BCUT2D eigenvalue weighted by Crippen LogP contribution is 2.28. The van der Waals surface area contributed by atoms with Crippen LogP contribution in [0.4, 0.5) is 0 Å². The molecule has 1 aliphatic heterocycles. The van der Waals surface area contributed by atoms with E-state index in [1.807, 2.05) is 6.92 Å². The fourth-order valence-electron chi connectivity index (χ4n) is 2.58. The molecule has 21 heavy (non-hydrogen) atoms. The first-order chi connectivity index (χ1) is 9.86. The Morgan fingerprint density at radius 1 is 1.57 bits per heavy atom. The summed E-state index contributed by atoms with van der Waals surface area (Å²) in [4.78, 5) is 10.9. The first-order valence-corrected chi connectivity index (χ1v) is 9.15. The zero-order valence-electron chi connectivity index (χ0n) is 12.0. The second-order valence-electron chi connectivity index (χ2n) is 5.10. The summed E-state index contributed by atoms with van der Waals surface area (Å²) in [6.07, 6.45) is 1.72. The molecule has 118 valence electrons. The Labute approximate surface area is 128 Å². The number of carbonyl (C=O) groups is 1. The lowest BCUT2D eigenvalue weighted by Crippen LogP contribution is -2.33. The van der Waals surface area contributed by atoms with Crippen molar-refractivity contribution in [2.24, 2.45) is 5.92 Å². The third-order valence-corrected chi connectivity index (χ3v) is 6.49. The molecule has 0 saturated carbocycles. The van der Waals surface area contributed by atoms with Gasteiger partial charge in [-0.3, -0.25) is 0 Å². The number of rotatable bonds is 6. The number of carboxylic acids is 1. The first kappa shape index (κ1) is 16.4. The van der Waals surface area contributed by atoms with E-state index in [4.69, 9.17) is 9.84 Å². The summed E-state index contributed by atoms with van der Waals surface area (Å²) in [5.74, 6) is -1.08. The van der Waals surface area contributed by atoms with E-state index in [1.165, 1.54) is 0 Å². The topological polar surface area (TPSA) is 92.7 Å². The minimum atomic E-state index is -3.82. The number of ether oxygens (including phenoxy) is 1. The summed E-state index contributed by atoms with van der Waals surface area (Å²) in [5, 5.41) is 10.6. The van der Waals surface area contributed by atoms with Crippen molar-refractivity contribution in [1.82, 2.24) is 4.72 Å². The fraction of sp³-hybridized carbons (Fsp3) is 0.615. The molecule has 1 aliphatic rings. The van der Waals surface area contributed by atoms with E-state index >= 15 is 0 Å². The second kappa shape index (κ2) is 6.43. The average Bonchev–Trinajstić information content (AvgIpc) is 3.02. The molecule has 2 N–H and O–H groups in total. The smallest absolute Gasteiger partial charge is 0.347 e. The van der Waals surface area contributed by atoms with Gasteiger partial charge in [-0.2, -0.15) is 0 Å². The highest BCUT2D eigenvalue weighted by molar-refractivity contribution is 7.89. The Balaban J connectivity index is 2.16. The highest BCUT2D eigenvalue weighted by Gasteiger charge is 2.31. The molecule has 2 heterocycles. The molecule has 0 bridgehead atoms. The molecule has 0 aliphatic carbocycles. The van der Waals surface area contributed by atoms with Gasteiger partial charge >= 0.3 is 5.97 Å². The van der Waals surface area contributed by atoms with Crippen LogP contribution in [0.15, 0.2) is 10.3 Å². The maximum atomic E-state index is 12.4. The molecule has 0 radical (unpaired) electrons. The average molecular weight is 333 g/mol. The van der Waals surface area contributed by atoms with Gasteiger partial charge in [0.2, 0.25) is 10.0 Å². The molecule has 1 fully saturated rings. The molecule has 1 aromatic rings. The lowest BCUT2D eigenvalue weighted by Gasteiger charge is -2.17. The molecule has 6 nitrogen and oxygen atoms in total. The van der Waals surface area contributed by atoms with Gasteiger partial charge in [0.05, 0.1) is 6.10 Å². The van der Waals surface area contributed by atoms with E-state index < -0.39 is 16.0 Å². The van der Waals surface area contributed by atoms with Crippen molar-refractivity contribution in [3.05, 3.63) is 15.8 Å². The predicted octanol–water partition coefficient (Wildman–Crippen LogP) is 1.85. The van der Waals surface area contributed by atoms with Crippen molar-refractivity contribution < 1.29 is 23.1 Å². The molecule has 2 atom stereocenters. The van der Waals surface area contributed by atoms with Crippen molar-refractivity contribution in [3.8, 4) is 0 Å². The molecule has 1 aromatic heterocycles. The summed E-state index contributed by atoms with van der Waals surface area (Å²) >= 11 is 0.931. The molecule has 2 unspecified atom stereocenters. The quantitative estimate of drug-likeness (QED) is 0.829. The lowest BCUT2D eigenvalue weighted by molar-refractivity contribution is 0.0698. The minimum Gasteiger partial charge on any atom is -0.477 e. The van der Waals surface area contributed by atoms with Crippen LogP contribution in [0, 0.1) is 12.8 Å². The Bertz CT molecular complexity index is 623. The zero-order chi connectivity index (χ0) is 15.6. The summed E-state index contributed by atoms with van der Waals surface area (Å²) in [7, 11) is -3.82. The van der Waals surface area contributed by atoms with Crippen LogP contribution < -0.4 is 4.72 Å². The van der Waals surface area contributed by atoms with Crippen LogP contribution in [0.25, 0.3) is 0 Å². The molecular formula is C13H19NO5S2. The van der Waals surface area contributed by atoms with Crippen molar-refractivity contribution in [2.75, 3.05) is 13.2 Å². The summed E-state index contributed by atoms with van der Waals surface area (Å²) < 4.78 is 32.8. The highest BCUT2D eigenvalue weighted by atomic mass is 32.2. The number of sulfonamides is 1. The van der Waals surface area contributed by atoms with E-state index in [2.05, 4.69) is 4.72 Å². The predicted molar refractivity (Wildman–Crippen MR) is 79.3 cm³/mol. The normalized spacial score (nSPS) is 22.6. The monoisotopic (exact) mass is 333 g/mol. The maximum Gasteiger partial charge on any atom is 0.347 e. The largest absolute Gasteiger partial charge is 0.477 e. The van der Waals surface area contributed by atoms with Crippen molar-refractivity contribution in [1.29, 1.82) is 0 Å². The van der Waals surface area contributed by atoms with Crippen LogP contribution in [0.3, 0.4) is 0 Å². The standard InChI is InChI=1S/C13H19NO5S2/c1-3-10-9(4-5-19-10)6-14-21(17,18)12-8(2)7-20-11(12)13(15)16/h7,9-10,14H,3-6H2,1-2H3,(H,15,16). The van der Waals surface area contributed by atoms with Crippen molar-refractivity contribution >= 4 is 27.3 Å². The Hall–Kier alpha value is -0.960. The zero-order valence-corrected chi connectivity index (χ0v) is 13.6. The van der Waals surface area contributed by atoms with E-state index in [9.17, 15) is 13.2 Å². The van der Waals surface area contributed by atoms with Gasteiger partial charge in [0.1, 0.15) is 9.77 Å². The van der Waals surface area contributed by atoms with Crippen LogP contribution in [0.1, 0.15) is 35.0 Å². The summed E-state index contributed by atoms with van der Waals surface area (Å²) in [6, 6.07) is 0. The molecule has 0 spiro atoms. The van der Waals surface area contributed by atoms with E-state index in [1.54, 1.807) is 12.3 Å². The van der Waals surface area contributed by atoms with Gasteiger partial charge in [-0.1, -0.05) is 6.92 Å². The lowest BCUT2D eigenvalue weighted by atomic mass is 10.0.